The van der Waals surface area contributed by atoms with Gasteiger partial charge in [0.1, 0.15) is 17.8 Å². The molecule has 172 valence electrons. The number of benzene rings is 3. The molecule has 0 unspecified atom stereocenters. The zero-order chi connectivity index (χ0) is 24.4. The molecular weight excluding hydrogens is 454 g/mol. The highest BCUT2D eigenvalue weighted by atomic mass is 19.4. The third kappa shape index (κ3) is 4.41. The highest BCUT2D eigenvalue weighted by molar-refractivity contribution is 5.91. The molecule has 0 radical (unpaired) electrons. The number of ether oxygens (including phenoxy) is 1. The second-order valence-electron chi connectivity index (χ2n) is 6.95. The second-order valence-corrected chi connectivity index (χ2v) is 6.95. The van der Waals surface area contributed by atoms with Gasteiger partial charge in [0.05, 0.1) is 5.56 Å². The Labute approximate surface area is 183 Å². The Bertz CT molecular complexity index is 1120. The number of hydrogen-bond acceptors (Lipinski definition) is 4. The SMILES string of the molecule is O=Cc1ccc(C(=O)Oc2ccc(C(c3ccc(O)cc3)(C(F)(F)F)C(F)(F)F)cc2)cc1. The second kappa shape index (κ2) is 8.61. The predicted octanol–water partition coefficient (Wildman–Crippen LogP) is 5.83. The maximum absolute atomic E-state index is 14.0. The summed E-state index contributed by atoms with van der Waals surface area (Å²) in [5.74, 6) is -1.70. The van der Waals surface area contributed by atoms with E-state index in [1.807, 2.05) is 0 Å². The van der Waals surface area contributed by atoms with Gasteiger partial charge in [0, 0.05) is 5.56 Å². The zero-order valence-electron chi connectivity index (χ0n) is 16.4. The van der Waals surface area contributed by atoms with E-state index in [1.165, 1.54) is 24.3 Å². The van der Waals surface area contributed by atoms with E-state index in [9.17, 15) is 41.0 Å². The summed E-state index contributed by atoms with van der Waals surface area (Å²) in [5, 5.41) is 9.31. The smallest absolute Gasteiger partial charge is 0.411 e. The summed E-state index contributed by atoms with van der Waals surface area (Å²) in [7, 11) is 0. The van der Waals surface area contributed by atoms with Crippen molar-refractivity contribution in [2.24, 2.45) is 0 Å². The molecule has 10 heteroatoms. The lowest BCUT2D eigenvalue weighted by molar-refractivity contribution is -0.288. The number of phenolic OH excluding ortho intramolecular Hbond substituents is 1. The Morgan fingerprint density at radius 1 is 0.727 bits per heavy atom. The Balaban J connectivity index is 2.01. The topological polar surface area (TPSA) is 63.6 Å². The molecule has 3 aromatic carbocycles. The fourth-order valence-corrected chi connectivity index (χ4v) is 3.33. The van der Waals surface area contributed by atoms with E-state index in [0.29, 0.717) is 36.1 Å². The summed E-state index contributed by atoms with van der Waals surface area (Å²) >= 11 is 0. The molecule has 0 aromatic heterocycles. The lowest BCUT2D eigenvalue weighted by Gasteiger charge is -2.38. The normalized spacial score (nSPS) is 12.3. The van der Waals surface area contributed by atoms with Crippen LogP contribution in [-0.4, -0.2) is 29.7 Å². The molecule has 0 spiro atoms. The highest BCUT2D eigenvalue weighted by Crippen LogP contribution is 2.56. The fraction of sp³-hybridized carbons (Fsp3) is 0.130. The maximum atomic E-state index is 14.0. The van der Waals surface area contributed by atoms with Crippen molar-refractivity contribution in [1.29, 1.82) is 0 Å². The van der Waals surface area contributed by atoms with Crippen LogP contribution in [0.25, 0.3) is 0 Å². The monoisotopic (exact) mass is 468 g/mol. The lowest BCUT2D eigenvalue weighted by atomic mass is 9.73. The van der Waals surface area contributed by atoms with Crippen molar-refractivity contribution in [3.8, 4) is 11.5 Å². The van der Waals surface area contributed by atoms with Gasteiger partial charge in [-0.3, -0.25) is 4.79 Å². The molecule has 3 aromatic rings. The standard InChI is InChI=1S/C23H14F6O4/c24-22(25,26)21(23(27,28)29,16-5-9-18(31)10-6-16)17-7-11-19(12-8-17)33-20(32)15-3-1-14(13-30)2-4-15/h1-13,31H. The third-order valence-electron chi connectivity index (χ3n) is 4.93. The lowest BCUT2D eigenvalue weighted by Crippen LogP contribution is -2.54. The minimum Gasteiger partial charge on any atom is -0.508 e. The zero-order valence-corrected chi connectivity index (χ0v) is 16.4. The first-order valence-electron chi connectivity index (χ1n) is 9.21. The van der Waals surface area contributed by atoms with Crippen molar-refractivity contribution in [2.45, 2.75) is 17.8 Å². The average molecular weight is 468 g/mol. The van der Waals surface area contributed by atoms with Crippen LogP contribution < -0.4 is 4.74 Å². The maximum Gasteiger partial charge on any atom is 0.411 e. The van der Waals surface area contributed by atoms with Crippen LogP contribution in [0, 0.1) is 0 Å². The molecule has 0 heterocycles. The van der Waals surface area contributed by atoms with Crippen LogP contribution in [0.2, 0.25) is 0 Å². The van der Waals surface area contributed by atoms with E-state index < -0.39 is 40.6 Å². The molecule has 33 heavy (non-hydrogen) atoms. The first kappa shape index (κ1) is 23.8. The van der Waals surface area contributed by atoms with E-state index in [4.69, 9.17) is 4.74 Å². The Kier molecular flexibility index (Phi) is 6.22. The van der Waals surface area contributed by atoms with Gasteiger partial charge in [-0.2, -0.15) is 26.3 Å². The van der Waals surface area contributed by atoms with Crippen molar-refractivity contribution < 1.29 is 45.8 Å². The van der Waals surface area contributed by atoms with Crippen LogP contribution in [0.15, 0.2) is 72.8 Å². The number of alkyl halides is 6. The summed E-state index contributed by atoms with van der Waals surface area (Å²) in [4.78, 5) is 22.8. The fourth-order valence-electron chi connectivity index (χ4n) is 3.33. The molecule has 0 saturated carbocycles. The minimum absolute atomic E-state index is 0.0219. The summed E-state index contributed by atoms with van der Waals surface area (Å²) in [6.45, 7) is 0. The van der Waals surface area contributed by atoms with Gasteiger partial charge < -0.3 is 9.84 Å². The van der Waals surface area contributed by atoms with Gasteiger partial charge in [0.15, 0.2) is 0 Å². The summed E-state index contributed by atoms with van der Waals surface area (Å²) in [6, 6.07) is 10.6. The number of carbonyl (C=O) groups excluding carboxylic acids is 2. The average Bonchev–Trinajstić information content (AvgIpc) is 2.74. The van der Waals surface area contributed by atoms with Gasteiger partial charge >= 0.3 is 18.3 Å². The van der Waals surface area contributed by atoms with Crippen LogP contribution in [0.3, 0.4) is 0 Å². The molecule has 0 aliphatic heterocycles. The van der Waals surface area contributed by atoms with Crippen LogP contribution in [0.1, 0.15) is 31.8 Å². The Hall–Kier alpha value is -3.82. The molecule has 0 fully saturated rings. The van der Waals surface area contributed by atoms with Crippen LogP contribution >= 0.6 is 0 Å². The number of aldehydes is 1. The van der Waals surface area contributed by atoms with E-state index in [1.54, 1.807) is 0 Å². The van der Waals surface area contributed by atoms with Crippen LogP contribution in [0.5, 0.6) is 11.5 Å². The molecule has 0 saturated heterocycles. The quantitative estimate of drug-likeness (QED) is 0.221. The molecule has 0 atom stereocenters. The number of carbonyl (C=O) groups is 2. The molecule has 0 aliphatic carbocycles. The largest absolute Gasteiger partial charge is 0.508 e. The number of phenols is 1. The van der Waals surface area contributed by atoms with Gasteiger partial charge in [-0.25, -0.2) is 4.79 Å². The minimum atomic E-state index is -5.79. The highest BCUT2D eigenvalue weighted by Gasteiger charge is 2.72. The molecule has 0 amide bonds. The van der Waals surface area contributed by atoms with E-state index in [0.717, 1.165) is 24.3 Å². The van der Waals surface area contributed by atoms with Crippen LogP contribution in [0.4, 0.5) is 26.3 Å². The summed E-state index contributed by atoms with van der Waals surface area (Å²) in [5.41, 5.74) is -6.36. The van der Waals surface area contributed by atoms with Gasteiger partial charge in [-0.05, 0) is 47.5 Å². The van der Waals surface area contributed by atoms with E-state index >= 15 is 0 Å². The van der Waals surface area contributed by atoms with Gasteiger partial charge in [-0.1, -0.05) is 36.4 Å². The molecule has 0 aliphatic rings. The van der Waals surface area contributed by atoms with Crippen molar-refractivity contribution in [3.05, 3.63) is 95.1 Å². The molecule has 3 rings (SSSR count). The first-order valence-corrected chi connectivity index (χ1v) is 9.21. The van der Waals surface area contributed by atoms with E-state index in [2.05, 4.69) is 0 Å². The third-order valence-corrected chi connectivity index (χ3v) is 4.93. The van der Waals surface area contributed by atoms with Crippen molar-refractivity contribution in [1.82, 2.24) is 0 Å². The van der Waals surface area contributed by atoms with Gasteiger partial charge in [-0.15, -0.1) is 0 Å². The number of rotatable bonds is 5. The summed E-state index contributed by atoms with van der Waals surface area (Å²) < 4.78 is 89.3. The molecular formula is C23H14F6O4. The van der Waals surface area contributed by atoms with Gasteiger partial charge in [0.2, 0.25) is 5.41 Å². The first-order chi connectivity index (χ1) is 15.4. The van der Waals surface area contributed by atoms with Crippen molar-refractivity contribution >= 4 is 12.3 Å². The number of aromatic hydroxyl groups is 1. The Morgan fingerprint density at radius 3 is 1.61 bits per heavy atom. The Morgan fingerprint density at radius 2 is 1.18 bits per heavy atom. The number of halogens is 6. The van der Waals surface area contributed by atoms with Crippen molar-refractivity contribution in [2.75, 3.05) is 0 Å². The number of esters is 1. The predicted molar refractivity (Wildman–Crippen MR) is 104 cm³/mol. The van der Waals surface area contributed by atoms with Crippen LogP contribution in [-0.2, 0) is 5.41 Å². The molecule has 1 N–H and O–H groups in total. The van der Waals surface area contributed by atoms with E-state index in [-0.39, 0.29) is 11.3 Å². The number of hydrogen-bond donors (Lipinski definition) is 1. The van der Waals surface area contributed by atoms with Crippen molar-refractivity contribution in [3.63, 3.8) is 0 Å². The molecule has 4 nitrogen and oxygen atoms in total. The molecule has 0 bridgehead atoms. The van der Waals surface area contributed by atoms with Gasteiger partial charge in [0.25, 0.3) is 0 Å². The summed E-state index contributed by atoms with van der Waals surface area (Å²) in [6.07, 6.45) is -11.0.